The third-order valence-corrected chi connectivity index (χ3v) is 4.75. The van der Waals surface area contributed by atoms with Gasteiger partial charge in [0.25, 0.3) is 5.91 Å². The smallest absolute Gasteiger partial charge is 0.339 e. The molecule has 0 aliphatic carbocycles. The van der Waals surface area contributed by atoms with E-state index in [4.69, 9.17) is 4.74 Å². The number of hydrogen-bond donors (Lipinski definition) is 1. The van der Waals surface area contributed by atoms with Gasteiger partial charge in [-0.05, 0) is 18.1 Å². The summed E-state index contributed by atoms with van der Waals surface area (Å²) in [6.45, 7) is 4.30. The molecule has 0 aliphatic rings. The molecule has 1 aromatic heterocycles. The van der Waals surface area contributed by atoms with Crippen molar-refractivity contribution >= 4 is 35.0 Å². The molecule has 1 heterocycles. The standard InChI is InChI=1S/C17H20N2O3S2/c1-12(2)7-18-16(20)8-22-17(21)14-5-3-4-6-15(14)24-10-13-9-23-11-19-13/h3-6,9,11-12H,7-8,10H2,1-2H3,(H,18,20). The number of carbonyl (C=O) groups excluding carboxylic acids is 2. The minimum Gasteiger partial charge on any atom is -0.452 e. The summed E-state index contributed by atoms with van der Waals surface area (Å²) in [6.07, 6.45) is 0. The topological polar surface area (TPSA) is 68.3 Å². The molecule has 0 saturated carbocycles. The molecule has 1 amide bonds. The van der Waals surface area contributed by atoms with Gasteiger partial charge in [0.1, 0.15) is 0 Å². The normalized spacial score (nSPS) is 10.6. The number of esters is 1. The molecule has 1 aromatic carbocycles. The third kappa shape index (κ3) is 5.98. The number of rotatable bonds is 8. The third-order valence-electron chi connectivity index (χ3n) is 3.01. The van der Waals surface area contributed by atoms with E-state index in [1.807, 2.05) is 31.4 Å². The zero-order valence-electron chi connectivity index (χ0n) is 13.7. The largest absolute Gasteiger partial charge is 0.452 e. The van der Waals surface area contributed by atoms with E-state index in [9.17, 15) is 9.59 Å². The molecule has 7 heteroatoms. The molecular formula is C17H20N2O3S2. The van der Waals surface area contributed by atoms with Crippen LogP contribution in [0.3, 0.4) is 0 Å². The lowest BCUT2D eigenvalue weighted by molar-refractivity contribution is -0.124. The van der Waals surface area contributed by atoms with Crippen LogP contribution in [0.5, 0.6) is 0 Å². The van der Waals surface area contributed by atoms with Crippen LogP contribution >= 0.6 is 23.1 Å². The number of thiazole rings is 1. The molecule has 128 valence electrons. The van der Waals surface area contributed by atoms with E-state index < -0.39 is 5.97 Å². The second kappa shape index (κ2) is 9.44. The van der Waals surface area contributed by atoms with Crippen LogP contribution in [0.1, 0.15) is 29.9 Å². The maximum absolute atomic E-state index is 12.2. The first-order chi connectivity index (χ1) is 11.6. The Hall–Kier alpha value is -1.86. The summed E-state index contributed by atoms with van der Waals surface area (Å²) in [7, 11) is 0. The zero-order valence-corrected chi connectivity index (χ0v) is 15.3. The molecule has 0 atom stereocenters. The minimum atomic E-state index is -0.490. The fourth-order valence-corrected chi connectivity index (χ4v) is 3.41. The van der Waals surface area contributed by atoms with Crippen LogP contribution in [0.4, 0.5) is 0 Å². The first kappa shape index (κ1) is 18.5. The van der Waals surface area contributed by atoms with Gasteiger partial charge in [0.2, 0.25) is 0 Å². The Morgan fingerprint density at radius 1 is 1.33 bits per heavy atom. The van der Waals surface area contributed by atoms with Gasteiger partial charge in [-0.25, -0.2) is 9.78 Å². The molecule has 1 N–H and O–H groups in total. The summed E-state index contributed by atoms with van der Waals surface area (Å²) < 4.78 is 5.12. The Bertz CT molecular complexity index is 672. The molecule has 0 aliphatic heterocycles. The van der Waals surface area contributed by atoms with Crippen LogP contribution in [0, 0.1) is 5.92 Å². The summed E-state index contributed by atoms with van der Waals surface area (Å²) >= 11 is 3.07. The molecule has 0 saturated heterocycles. The summed E-state index contributed by atoms with van der Waals surface area (Å²) in [4.78, 5) is 28.9. The molecule has 2 aromatic rings. The maximum Gasteiger partial charge on any atom is 0.339 e. The number of thioether (sulfide) groups is 1. The maximum atomic E-state index is 12.2. The van der Waals surface area contributed by atoms with Gasteiger partial charge in [-0.3, -0.25) is 4.79 Å². The van der Waals surface area contributed by atoms with E-state index in [0.29, 0.717) is 23.8 Å². The SMILES string of the molecule is CC(C)CNC(=O)COC(=O)c1ccccc1SCc1cscn1. The van der Waals surface area contributed by atoms with Gasteiger partial charge in [-0.2, -0.15) is 0 Å². The van der Waals surface area contributed by atoms with Gasteiger partial charge in [0.15, 0.2) is 6.61 Å². The Morgan fingerprint density at radius 2 is 2.12 bits per heavy atom. The average molecular weight is 364 g/mol. The van der Waals surface area contributed by atoms with Gasteiger partial charge in [-0.1, -0.05) is 26.0 Å². The van der Waals surface area contributed by atoms with E-state index in [1.54, 1.807) is 29.0 Å². The zero-order chi connectivity index (χ0) is 17.4. The van der Waals surface area contributed by atoms with Gasteiger partial charge in [-0.15, -0.1) is 23.1 Å². The van der Waals surface area contributed by atoms with Crippen molar-refractivity contribution in [1.82, 2.24) is 10.3 Å². The Balaban J connectivity index is 1.90. The van der Waals surface area contributed by atoms with Crippen LogP contribution in [-0.2, 0) is 15.3 Å². The number of nitrogens with one attached hydrogen (secondary N) is 1. The van der Waals surface area contributed by atoms with Gasteiger partial charge in [0, 0.05) is 22.6 Å². The van der Waals surface area contributed by atoms with E-state index in [1.165, 1.54) is 11.8 Å². The lowest BCUT2D eigenvalue weighted by atomic mass is 10.2. The minimum absolute atomic E-state index is 0.267. The van der Waals surface area contributed by atoms with Gasteiger partial charge < -0.3 is 10.1 Å². The van der Waals surface area contributed by atoms with Crippen LogP contribution in [0.2, 0.25) is 0 Å². The number of nitrogens with zero attached hydrogens (tertiary/aromatic N) is 1. The van der Waals surface area contributed by atoms with E-state index in [2.05, 4.69) is 10.3 Å². The quantitative estimate of drug-likeness (QED) is 0.574. The highest BCUT2D eigenvalue weighted by molar-refractivity contribution is 7.98. The number of ether oxygens (including phenoxy) is 1. The second-order valence-electron chi connectivity index (χ2n) is 5.54. The Morgan fingerprint density at radius 3 is 2.83 bits per heavy atom. The molecule has 0 radical (unpaired) electrons. The molecular weight excluding hydrogens is 344 g/mol. The predicted octanol–water partition coefficient (Wildman–Crippen LogP) is 3.36. The Labute approximate surface area is 149 Å². The second-order valence-corrected chi connectivity index (χ2v) is 7.27. The first-order valence-electron chi connectivity index (χ1n) is 7.59. The molecule has 2 rings (SSSR count). The van der Waals surface area contributed by atoms with Crippen LogP contribution in [-0.4, -0.2) is 30.0 Å². The Kier molecular flexibility index (Phi) is 7.27. The lowest BCUT2D eigenvalue weighted by Crippen LogP contribution is -2.31. The van der Waals surface area contributed by atoms with Crippen LogP contribution < -0.4 is 5.32 Å². The highest BCUT2D eigenvalue weighted by atomic mass is 32.2. The van der Waals surface area contributed by atoms with Crippen molar-refractivity contribution in [3.63, 3.8) is 0 Å². The molecule has 0 fully saturated rings. The first-order valence-corrected chi connectivity index (χ1v) is 9.52. The van der Waals surface area contributed by atoms with E-state index >= 15 is 0 Å². The predicted molar refractivity (Wildman–Crippen MR) is 96.2 cm³/mol. The van der Waals surface area contributed by atoms with Gasteiger partial charge >= 0.3 is 5.97 Å². The number of carbonyl (C=O) groups is 2. The number of benzene rings is 1. The summed E-state index contributed by atoms with van der Waals surface area (Å²) in [5.74, 6) is 0.260. The summed E-state index contributed by atoms with van der Waals surface area (Å²) in [5.41, 5.74) is 3.22. The number of amides is 1. The summed E-state index contributed by atoms with van der Waals surface area (Å²) in [6, 6.07) is 7.22. The average Bonchev–Trinajstić information content (AvgIpc) is 3.09. The molecule has 0 spiro atoms. The van der Waals surface area contributed by atoms with Crippen molar-refractivity contribution in [3.05, 3.63) is 46.4 Å². The summed E-state index contributed by atoms with van der Waals surface area (Å²) in [5, 5.41) is 4.70. The van der Waals surface area contributed by atoms with Crippen LogP contribution in [0.25, 0.3) is 0 Å². The van der Waals surface area contributed by atoms with E-state index in [-0.39, 0.29) is 12.5 Å². The van der Waals surface area contributed by atoms with Crippen molar-refractivity contribution in [3.8, 4) is 0 Å². The lowest BCUT2D eigenvalue weighted by Gasteiger charge is -2.10. The highest BCUT2D eigenvalue weighted by Gasteiger charge is 2.15. The van der Waals surface area contributed by atoms with Crippen molar-refractivity contribution in [2.45, 2.75) is 24.5 Å². The van der Waals surface area contributed by atoms with E-state index in [0.717, 1.165) is 10.6 Å². The molecule has 0 unspecified atom stereocenters. The fraction of sp³-hybridized carbons (Fsp3) is 0.353. The number of hydrogen-bond acceptors (Lipinski definition) is 6. The monoisotopic (exact) mass is 364 g/mol. The molecule has 0 bridgehead atoms. The fourth-order valence-electron chi connectivity index (χ4n) is 1.80. The number of aromatic nitrogens is 1. The van der Waals surface area contributed by atoms with Crippen molar-refractivity contribution < 1.29 is 14.3 Å². The van der Waals surface area contributed by atoms with Crippen LogP contribution in [0.15, 0.2) is 40.1 Å². The molecule has 5 nitrogen and oxygen atoms in total. The van der Waals surface area contributed by atoms with Crippen molar-refractivity contribution in [2.75, 3.05) is 13.2 Å². The molecule has 24 heavy (non-hydrogen) atoms. The van der Waals surface area contributed by atoms with Gasteiger partial charge in [0.05, 0.1) is 16.8 Å². The highest BCUT2D eigenvalue weighted by Crippen LogP contribution is 2.26. The van der Waals surface area contributed by atoms with Crippen molar-refractivity contribution in [2.24, 2.45) is 5.92 Å². The van der Waals surface area contributed by atoms with Crippen molar-refractivity contribution in [1.29, 1.82) is 0 Å².